The van der Waals surface area contributed by atoms with E-state index in [1.807, 2.05) is 4.90 Å². The average Bonchev–Trinajstić information content (AvgIpc) is 2.59. The third-order valence-corrected chi connectivity index (χ3v) is 4.99. The fraction of sp³-hybridized carbons (Fsp3) is 0.636. The van der Waals surface area contributed by atoms with Crippen molar-refractivity contribution in [3.05, 3.63) is 35.4 Å². The number of nitrogens with zero attached hydrogens (tertiary/aromatic N) is 1. The summed E-state index contributed by atoms with van der Waals surface area (Å²) in [6, 6.07) is 8.17. The van der Waals surface area contributed by atoms with Gasteiger partial charge in [-0.15, -0.1) is 0 Å². The number of aryl methyl sites for hydroxylation is 2. The highest BCUT2D eigenvalue weighted by atomic mass is 16.6. The van der Waals surface area contributed by atoms with Crippen molar-refractivity contribution in [3.63, 3.8) is 0 Å². The SMILES string of the molecule is Cc1ccc(CCC2CCN(C(=O)[C@@H](C)NC(=O)OC(C)(C)C)CC2)cc1. The van der Waals surface area contributed by atoms with Crippen molar-refractivity contribution in [1.82, 2.24) is 10.2 Å². The number of nitrogens with one attached hydrogen (secondary N) is 1. The Kier molecular flexibility index (Phi) is 7.28. The van der Waals surface area contributed by atoms with Gasteiger partial charge in [0.1, 0.15) is 11.6 Å². The third-order valence-electron chi connectivity index (χ3n) is 4.99. The van der Waals surface area contributed by atoms with Crippen LogP contribution in [0.25, 0.3) is 0 Å². The number of hydrogen-bond donors (Lipinski definition) is 1. The zero-order valence-corrected chi connectivity index (χ0v) is 17.4. The summed E-state index contributed by atoms with van der Waals surface area (Å²) in [5.41, 5.74) is 2.11. The van der Waals surface area contributed by atoms with Crippen LogP contribution in [-0.4, -0.2) is 41.6 Å². The number of amides is 2. The Bertz CT molecular complexity index is 626. The second kappa shape index (κ2) is 9.25. The fourth-order valence-corrected chi connectivity index (χ4v) is 3.39. The number of piperidine rings is 1. The first-order chi connectivity index (χ1) is 12.6. The van der Waals surface area contributed by atoms with Gasteiger partial charge in [0, 0.05) is 13.1 Å². The predicted molar refractivity (Wildman–Crippen MR) is 108 cm³/mol. The molecule has 1 saturated heterocycles. The van der Waals surface area contributed by atoms with E-state index in [4.69, 9.17) is 4.74 Å². The van der Waals surface area contributed by atoms with E-state index in [2.05, 4.69) is 36.5 Å². The lowest BCUT2D eigenvalue weighted by Gasteiger charge is -2.34. The normalized spacial score (nSPS) is 16.7. The molecule has 0 saturated carbocycles. The lowest BCUT2D eigenvalue weighted by Crippen LogP contribution is -2.50. The summed E-state index contributed by atoms with van der Waals surface area (Å²) in [4.78, 5) is 26.3. The molecule has 5 heteroatoms. The molecule has 0 spiro atoms. The molecule has 1 atom stereocenters. The highest BCUT2D eigenvalue weighted by Gasteiger charge is 2.28. The van der Waals surface area contributed by atoms with Gasteiger partial charge >= 0.3 is 6.09 Å². The van der Waals surface area contributed by atoms with E-state index >= 15 is 0 Å². The van der Waals surface area contributed by atoms with E-state index < -0.39 is 17.7 Å². The minimum absolute atomic E-state index is 0.0298. The smallest absolute Gasteiger partial charge is 0.408 e. The maximum absolute atomic E-state index is 12.6. The average molecular weight is 375 g/mol. The Morgan fingerprint density at radius 2 is 1.78 bits per heavy atom. The monoisotopic (exact) mass is 374 g/mol. The van der Waals surface area contributed by atoms with Crippen molar-refractivity contribution in [1.29, 1.82) is 0 Å². The molecule has 1 fully saturated rings. The molecule has 2 rings (SSSR count). The van der Waals surface area contributed by atoms with Gasteiger partial charge < -0.3 is 15.0 Å². The summed E-state index contributed by atoms with van der Waals surface area (Å²) < 4.78 is 5.22. The minimum Gasteiger partial charge on any atom is -0.444 e. The van der Waals surface area contributed by atoms with Gasteiger partial charge in [0.25, 0.3) is 0 Å². The van der Waals surface area contributed by atoms with Crippen molar-refractivity contribution in [2.75, 3.05) is 13.1 Å². The van der Waals surface area contributed by atoms with Crippen LogP contribution in [0.5, 0.6) is 0 Å². The van der Waals surface area contributed by atoms with Crippen LogP contribution in [0.2, 0.25) is 0 Å². The predicted octanol–water partition coefficient (Wildman–Crippen LogP) is 4.08. The van der Waals surface area contributed by atoms with Crippen LogP contribution in [0.4, 0.5) is 4.79 Å². The molecule has 0 aromatic heterocycles. The van der Waals surface area contributed by atoms with E-state index in [0.29, 0.717) is 5.92 Å². The van der Waals surface area contributed by atoms with Crippen LogP contribution in [0.3, 0.4) is 0 Å². The first kappa shape index (κ1) is 21.3. The van der Waals surface area contributed by atoms with Gasteiger partial charge in [0.05, 0.1) is 0 Å². The lowest BCUT2D eigenvalue weighted by molar-refractivity contribution is -0.134. The molecule has 0 unspecified atom stereocenters. The quantitative estimate of drug-likeness (QED) is 0.845. The highest BCUT2D eigenvalue weighted by molar-refractivity contribution is 5.85. The maximum Gasteiger partial charge on any atom is 0.408 e. The number of hydrogen-bond acceptors (Lipinski definition) is 3. The molecule has 1 aliphatic heterocycles. The van der Waals surface area contributed by atoms with E-state index in [1.54, 1.807) is 27.7 Å². The van der Waals surface area contributed by atoms with Crippen molar-refractivity contribution < 1.29 is 14.3 Å². The standard InChI is InChI=1S/C22H34N2O3/c1-16-6-8-18(9-7-16)10-11-19-12-14-24(15-13-19)20(25)17(2)23-21(26)27-22(3,4)5/h6-9,17,19H,10-15H2,1-5H3,(H,23,26)/t17-/m1/s1. The Balaban J connectivity index is 1.73. The number of rotatable bonds is 5. The molecule has 27 heavy (non-hydrogen) atoms. The zero-order valence-electron chi connectivity index (χ0n) is 17.4. The second-order valence-corrected chi connectivity index (χ2v) is 8.66. The van der Waals surface area contributed by atoms with Crippen LogP contribution >= 0.6 is 0 Å². The second-order valence-electron chi connectivity index (χ2n) is 8.66. The Hall–Kier alpha value is -2.04. The number of ether oxygens (including phenoxy) is 1. The molecule has 2 amide bonds. The summed E-state index contributed by atoms with van der Waals surface area (Å²) in [6.45, 7) is 10.8. The summed E-state index contributed by atoms with van der Waals surface area (Å²) in [6.07, 6.45) is 3.76. The summed E-state index contributed by atoms with van der Waals surface area (Å²) >= 11 is 0. The van der Waals surface area contributed by atoms with Crippen LogP contribution in [0, 0.1) is 12.8 Å². The zero-order chi connectivity index (χ0) is 20.0. The molecule has 1 aliphatic rings. The summed E-state index contributed by atoms with van der Waals surface area (Å²) in [5, 5.41) is 2.64. The van der Waals surface area contributed by atoms with Crippen LogP contribution in [-0.2, 0) is 16.0 Å². The Morgan fingerprint density at radius 1 is 1.19 bits per heavy atom. The van der Waals surface area contributed by atoms with Gasteiger partial charge in [0.2, 0.25) is 5.91 Å². The first-order valence-electron chi connectivity index (χ1n) is 9.98. The molecule has 0 bridgehead atoms. The minimum atomic E-state index is -0.567. The number of likely N-dealkylation sites (tertiary alicyclic amines) is 1. The fourth-order valence-electron chi connectivity index (χ4n) is 3.39. The molecular weight excluding hydrogens is 340 g/mol. The van der Waals surface area contributed by atoms with Gasteiger partial charge in [0.15, 0.2) is 0 Å². The number of carbonyl (C=O) groups excluding carboxylic acids is 2. The van der Waals surface area contributed by atoms with E-state index in [-0.39, 0.29) is 5.91 Å². The Labute approximate surface area is 163 Å². The highest BCUT2D eigenvalue weighted by Crippen LogP contribution is 2.23. The van der Waals surface area contributed by atoms with Crippen LogP contribution in [0.15, 0.2) is 24.3 Å². The number of benzene rings is 1. The molecule has 1 aromatic rings. The van der Waals surface area contributed by atoms with Crippen molar-refractivity contribution in [2.45, 2.75) is 71.9 Å². The third kappa shape index (κ3) is 7.24. The van der Waals surface area contributed by atoms with E-state index in [9.17, 15) is 9.59 Å². The number of alkyl carbamates (subject to hydrolysis) is 1. The lowest BCUT2D eigenvalue weighted by atomic mass is 9.90. The van der Waals surface area contributed by atoms with Gasteiger partial charge in [-0.25, -0.2) is 4.79 Å². The summed E-state index contributed by atoms with van der Waals surface area (Å²) in [7, 11) is 0. The van der Waals surface area contributed by atoms with Crippen molar-refractivity contribution in [3.8, 4) is 0 Å². The molecule has 5 nitrogen and oxygen atoms in total. The van der Waals surface area contributed by atoms with E-state index in [0.717, 1.165) is 38.8 Å². The molecule has 150 valence electrons. The molecule has 0 aliphatic carbocycles. The maximum atomic E-state index is 12.6. The van der Waals surface area contributed by atoms with E-state index in [1.165, 1.54) is 11.1 Å². The topological polar surface area (TPSA) is 58.6 Å². The number of carbonyl (C=O) groups is 2. The van der Waals surface area contributed by atoms with Crippen LogP contribution in [0.1, 0.15) is 58.1 Å². The molecule has 0 radical (unpaired) electrons. The molecular formula is C22H34N2O3. The largest absolute Gasteiger partial charge is 0.444 e. The van der Waals surface area contributed by atoms with Crippen molar-refractivity contribution in [2.24, 2.45) is 5.92 Å². The molecule has 1 heterocycles. The van der Waals surface area contributed by atoms with Gasteiger partial charge in [-0.3, -0.25) is 4.79 Å². The first-order valence-corrected chi connectivity index (χ1v) is 9.98. The van der Waals surface area contributed by atoms with Crippen molar-refractivity contribution >= 4 is 12.0 Å². The van der Waals surface area contributed by atoms with Gasteiger partial charge in [-0.05, 0) is 71.8 Å². The van der Waals surface area contributed by atoms with Gasteiger partial charge in [-0.1, -0.05) is 29.8 Å². The summed E-state index contributed by atoms with van der Waals surface area (Å²) in [5.74, 6) is 0.627. The molecule has 1 N–H and O–H groups in total. The Morgan fingerprint density at radius 3 is 2.33 bits per heavy atom. The van der Waals surface area contributed by atoms with Gasteiger partial charge in [-0.2, -0.15) is 0 Å². The molecule has 1 aromatic carbocycles. The van der Waals surface area contributed by atoms with Crippen LogP contribution < -0.4 is 5.32 Å².